The van der Waals surface area contributed by atoms with Gasteiger partial charge in [0.25, 0.3) is 0 Å². The molecule has 2 aliphatic heterocycles. The fourth-order valence-electron chi connectivity index (χ4n) is 2.54. The van der Waals surface area contributed by atoms with Crippen LogP contribution in [-0.4, -0.2) is 61.5 Å². The lowest BCUT2D eigenvalue weighted by Crippen LogP contribution is -2.51. The number of rotatable bonds is 2. The van der Waals surface area contributed by atoms with Crippen molar-refractivity contribution in [3.8, 4) is 11.5 Å². The van der Waals surface area contributed by atoms with Gasteiger partial charge in [0.05, 0.1) is 6.54 Å². The Bertz CT molecular complexity index is 586. The summed E-state index contributed by atoms with van der Waals surface area (Å²) < 4.78 is 47.4. The number of hydrogen-bond acceptors (Lipinski definition) is 4. The number of hydrogen-bond donors (Lipinski definition) is 1. The minimum atomic E-state index is -4.21. The number of amides is 2. The Morgan fingerprint density at radius 1 is 1.13 bits per heavy atom. The Hall–Kier alpha value is -2.16. The first-order chi connectivity index (χ1) is 10.9. The lowest BCUT2D eigenvalue weighted by molar-refractivity contribution is -0.148. The molecule has 0 bridgehead atoms. The van der Waals surface area contributed by atoms with Crippen molar-refractivity contribution in [1.82, 2.24) is 9.80 Å². The van der Waals surface area contributed by atoms with Crippen LogP contribution >= 0.6 is 0 Å². The third-order valence-corrected chi connectivity index (χ3v) is 3.69. The summed E-state index contributed by atoms with van der Waals surface area (Å²) in [5.41, 5.74) is 0.553. The molecule has 2 aliphatic rings. The summed E-state index contributed by atoms with van der Waals surface area (Å²) in [7, 11) is 0. The van der Waals surface area contributed by atoms with Crippen LogP contribution in [0.25, 0.3) is 0 Å². The number of ether oxygens (including phenoxy) is 2. The van der Waals surface area contributed by atoms with Gasteiger partial charge in [0, 0.05) is 37.9 Å². The van der Waals surface area contributed by atoms with Crippen LogP contribution in [0.5, 0.6) is 11.5 Å². The van der Waals surface area contributed by atoms with E-state index in [-0.39, 0.29) is 39.0 Å². The first kappa shape index (κ1) is 15.7. The number of carbonyl (C=O) groups is 1. The molecule has 0 atom stereocenters. The maximum Gasteiger partial charge on any atom is 0.401 e. The van der Waals surface area contributed by atoms with Crippen molar-refractivity contribution in [2.75, 3.05) is 44.8 Å². The van der Waals surface area contributed by atoms with Crippen molar-refractivity contribution in [1.29, 1.82) is 0 Å². The van der Waals surface area contributed by atoms with Gasteiger partial charge in [-0.15, -0.1) is 0 Å². The summed E-state index contributed by atoms with van der Waals surface area (Å²) in [6, 6.07) is 4.69. The number of nitrogens with one attached hydrogen (secondary N) is 1. The van der Waals surface area contributed by atoms with E-state index < -0.39 is 12.7 Å². The molecule has 0 saturated carbocycles. The zero-order chi connectivity index (χ0) is 16.4. The van der Waals surface area contributed by atoms with Crippen LogP contribution in [0.3, 0.4) is 0 Å². The van der Waals surface area contributed by atoms with Crippen molar-refractivity contribution >= 4 is 11.7 Å². The molecule has 1 aromatic rings. The van der Waals surface area contributed by atoms with Gasteiger partial charge in [-0.2, -0.15) is 13.2 Å². The average molecular weight is 331 g/mol. The van der Waals surface area contributed by atoms with Gasteiger partial charge in [-0.25, -0.2) is 4.79 Å². The van der Waals surface area contributed by atoms with Crippen molar-refractivity contribution < 1.29 is 27.4 Å². The normalized spacial score (nSPS) is 18.1. The minimum absolute atomic E-state index is 0.147. The van der Waals surface area contributed by atoms with Crippen molar-refractivity contribution in [3.05, 3.63) is 18.2 Å². The van der Waals surface area contributed by atoms with Crippen molar-refractivity contribution in [2.24, 2.45) is 0 Å². The number of benzene rings is 1. The molecule has 23 heavy (non-hydrogen) atoms. The molecular weight excluding hydrogens is 315 g/mol. The van der Waals surface area contributed by atoms with Gasteiger partial charge in [0.15, 0.2) is 11.5 Å². The fraction of sp³-hybridized carbons (Fsp3) is 0.500. The highest BCUT2D eigenvalue weighted by molar-refractivity contribution is 5.89. The van der Waals surface area contributed by atoms with Gasteiger partial charge in [-0.05, 0) is 12.1 Å². The van der Waals surface area contributed by atoms with E-state index in [1.54, 1.807) is 18.2 Å². The predicted octanol–water partition coefficient (Wildman–Crippen LogP) is 2.13. The van der Waals surface area contributed by atoms with Crippen LogP contribution in [0, 0.1) is 0 Å². The van der Waals surface area contributed by atoms with Crippen LogP contribution in [0.15, 0.2) is 18.2 Å². The molecule has 0 aliphatic carbocycles. The van der Waals surface area contributed by atoms with Gasteiger partial charge < -0.3 is 19.7 Å². The van der Waals surface area contributed by atoms with Crippen LogP contribution in [0.4, 0.5) is 23.7 Å². The molecule has 0 aromatic heterocycles. The number of anilines is 1. The highest BCUT2D eigenvalue weighted by Gasteiger charge is 2.32. The maximum absolute atomic E-state index is 12.3. The first-order valence-corrected chi connectivity index (χ1v) is 7.15. The molecule has 126 valence electrons. The number of alkyl halides is 3. The van der Waals surface area contributed by atoms with Gasteiger partial charge in [-0.1, -0.05) is 0 Å². The van der Waals surface area contributed by atoms with Crippen molar-refractivity contribution in [3.63, 3.8) is 0 Å². The largest absolute Gasteiger partial charge is 0.454 e. The molecule has 1 saturated heterocycles. The quantitative estimate of drug-likeness (QED) is 0.902. The Balaban J connectivity index is 1.52. The smallest absolute Gasteiger partial charge is 0.401 e. The van der Waals surface area contributed by atoms with E-state index in [0.29, 0.717) is 17.2 Å². The number of carbonyl (C=O) groups excluding carboxylic acids is 1. The summed E-state index contributed by atoms with van der Waals surface area (Å²) in [4.78, 5) is 15.0. The summed E-state index contributed by atoms with van der Waals surface area (Å²) in [6.45, 7) is 0.125. The number of fused-ring (bicyclic) bond motifs is 1. The van der Waals surface area contributed by atoms with E-state index in [9.17, 15) is 18.0 Å². The van der Waals surface area contributed by atoms with Gasteiger partial charge in [0.1, 0.15) is 0 Å². The second-order valence-electron chi connectivity index (χ2n) is 5.38. The molecule has 3 rings (SSSR count). The topological polar surface area (TPSA) is 54.0 Å². The predicted molar refractivity (Wildman–Crippen MR) is 75.7 cm³/mol. The second kappa shape index (κ2) is 6.15. The lowest BCUT2D eigenvalue weighted by atomic mass is 10.2. The molecule has 9 heteroatoms. The number of piperazine rings is 1. The summed E-state index contributed by atoms with van der Waals surface area (Å²) in [6.07, 6.45) is -4.21. The summed E-state index contributed by atoms with van der Waals surface area (Å²) in [5, 5.41) is 2.72. The molecule has 0 radical (unpaired) electrons. The van der Waals surface area contributed by atoms with Gasteiger partial charge in [-0.3, -0.25) is 4.90 Å². The van der Waals surface area contributed by atoms with E-state index in [2.05, 4.69) is 5.32 Å². The molecular formula is C14H16F3N3O3. The average Bonchev–Trinajstić information content (AvgIpc) is 2.94. The molecule has 0 spiro atoms. The highest BCUT2D eigenvalue weighted by Crippen LogP contribution is 2.34. The van der Waals surface area contributed by atoms with Gasteiger partial charge in [0.2, 0.25) is 6.79 Å². The highest BCUT2D eigenvalue weighted by atomic mass is 19.4. The summed E-state index contributed by atoms with van der Waals surface area (Å²) >= 11 is 0. The van der Waals surface area contributed by atoms with E-state index in [0.717, 1.165) is 0 Å². The minimum Gasteiger partial charge on any atom is -0.454 e. The van der Waals surface area contributed by atoms with Crippen LogP contribution in [0.1, 0.15) is 0 Å². The number of nitrogens with zero attached hydrogens (tertiary/aromatic N) is 2. The SMILES string of the molecule is O=C(Nc1ccc2c(c1)OCO2)N1CCN(CC(F)(F)F)CC1. The molecule has 0 unspecified atom stereocenters. The van der Waals surface area contributed by atoms with E-state index in [1.807, 2.05) is 0 Å². The zero-order valence-electron chi connectivity index (χ0n) is 12.2. The van der Waals surface area contributed by atoms with Crippen LogP contribution in [-0.2, 0) is 0 Å². The third kappa shape index (κ3) is 3.98. The van der Waals surface area contributed by atoms with Crippen LogP contribution < -0.4 is 14.8 Å². The van der Waals surface area contributed by atoms with E-state index in [1.165, 1.54) is 9.80 Å². The Kier molecular flexibility index (Phi) is 4.20. The fourth-order valence-corrected chi connectivity index (χ4v) is 2.54. The first-order valence-electron chi connectivity index (χ1n) is 7.15. The maximum atomic E-state index is 12.3. The van der Waals surface area contributed by atoms with E-state index in [4.69, 9.17) is 9.47 Å². The monoisotopic (exact) mass is 331 g/mol. The van der Waals surface area contributed by atoms with Crippen molar-refractivity contribution in [2.45, 2.75) is 6.18 Å². The summed E-state index contributed by atoms with van der Waals surface area (Å²) in [5.74, 6) is 1.17. The molecule has 1 fully saturated rings. The number of urea groups is 1. The second-order valence-corrected chi connectivity index (χ2v) is 5.38. The molecule has 1 N–H and O–H groups in total. The molecule has 2 amide bonds. The Morgan fingerprint density at radius 3 is 2.52 bits per heavy atom. The standard InChI is InChI=1S/C14H16F3N3O3/c15-14(16,17)8-19-3-5-20(6-4-19)13(21)18-10-1-2-11-12(7-10)23-9-22-11/h1-2,7H,3-6,8-9H2,(H,18,21). The third-order valence-electron chi connectivity index (χ3n) is 3.69. The Labute approximate surface area is 130 Å². The van der Waals surface area contributed by atoms with E-state index >= 15 is 0 Å². The lowest BCUT2D eigenvalue weighted by Gasteiger charge is -2.34. The van der Waals surface area contributed by atoms with Gasteiger partial charge >= 0.3 is 12.2 Å². The number of halogens is 3. The van der Waals surface area contributed by atoms with Crippen LogP contribution in [0.2, 0.25) is 0 Å². The molecule has 1 aromatic carbocycles. The Morgan fingerprint density at radius 2 is 1.83 bits per heavy atom. The zero-order valence-corrected chi connectivity index (χ0v) is 12.2. The molecule has 6 nitrogen and oxygen atoms in total. The molecule has 2 heterocycles.